The van der Waals surface area contributed by atoms with Crippen LogP contribution in [0.25, 0.3) is 16.8 Å². The fourth-order valence-corrected chi connectivity index (χ4v) is 2.76. The van der Waals surface area contributed by atoms with Crippen LogP contribution in [0.15, 0.2) is 29.2 Å². The molecule has 0 unspecified atom stereocenters. The first-order chi connectivity index (χ1) is 12.8. The van der Waals surface area contributed by atoms with Gasteiger partial charge in [0.15, 0.2) is 5.69 Å². The molecule has 0 fully saturated rings. The largest absolute Gasteiger partial charge is 0.476 e. The SMILES string of the molecule is Cc1ccc(-c2cn3nc(C(=O)O)c(C(F)(F)C(F)(F)F)c3c(=O)[nH]2)cc1Cl. The molecule has 0 aliphatic heterocycles. The minimum Gasteiger partial charge on any atom is -0.476 e. The molecule has 0 spiro atoms. The molecule has 0 atom stereocenters. The summed E-state index contributed by atoms with van der Waals surface area (Å²) in [6.45, 7) is 1.70. The number of carboxylic acids is 1. The number of hydrogen-bond acceptors (Lipinski definition) is 3. The molecule has 0 saturated heterocycles. The zero-order valence-electron chi connectivity index (χ0n) is 13.7. The van der Waals surface area contributed by atoms with Crippen LogP contribution in [-0.2, 0) is 5.92 Å². The van der Waals surface area contributed by atoms with Crippen LogP contribution in [0.1, 0.15) is 21.6 Å². The third-order valence-corrected chi connectivity index (χ3v) is 4.39. The molecule has 12 heteroatoms. The molecule has 0 saturated carbocycles. The number of aromatic nitrogens is 3. The zero-order valence-corrected chi connectivity index (χ0v) is 14.5. The second kappa shape index (κ2) is 6.30. The summed E-state index contributed by atoms with van der Waals surface area (Å²) in [5.41, 5.74) is -5.19. The van der Waals surface area contributed by atoms with E-state index < -0.39 is 40.4 Å². The Morgan fingerprint density at radius 2 is 1.89 bits per heavy atom. The van der Waals surface area contributed by atoms with Crippen LogP contribution in [0.3, 0.4) is 0 Å². The molecule has 0 amide bonds. The Balaban J connectivity index is 2.35. The van der Waals surface area contributed by atoms with Gasteiger partial charge in [0.1, 0.15) is 5.52 Å². The highest BCUT2D eigenvalue weighted by Crippen LogP contribution is 2.46. The summed E-state index contributed by atoms with van der Waals surface area (Å²) >= 11 is 5.99. The lowest BCUT2D eigenvalue weighted by Crippen LogP contribution is -2.35. The smallest absolute Gasteiger partial charge is 0.458 e. The van der Waals surface area contributed by atoms with Crippen molar-refractivity contribution in [3.63, 3.8) is 0 Å². The minimum absolute atomic E-state index is 0.0132. The molecular formula is C16H9ClF5N3O3. The zero-order chi connectivity index (χ0) is 21.0. The highest BCUT2D eigenvalue weighted by atomic mass is 35.5. The van der Waals surface area contributed by atoms with E-state index in [2.05, 4.69) is 10.1 Å². The lowest BCUT2D eigenvalue weighted by atomic mass is 10.1. The molecule has 0 radical (unpaired) electrons. The molecule has 0 aliphatic rings. The van der Waals surface area contributed by atoms with Gasteiger partial charge in [-0.15, -0.1) is 0 Å². The van der Waals surface area contributed by atoms with E-state index in [1.54, 1.807) is 13.0 Å². The first-order valence-electron chi connectivity index (χ1n) is 7.45. The number of alkyl halides is 5. The second-order valence-corrected chi connectivity index (χ2v) is 6.26. The molecule has 3 rings (SSSR count). The van der Waals surface area contributed by atoms with Gasteiger partial charge in [0.25, 0.3) is 5.56 Å². The monoisotopic (exact) mass is 421 g/mol. The van der Waals surface area contributed by atoms with Crippen molar-refractivity contribution in [3.05, 3.63) is 56.6 Å². The highest BCUT2D eigenvalue weighted by Gasteiger charge is 2.62. The Morgan fingerprint density at radius 3 is 2.43 bits per heavy atom. The Bertz CT molecular complexity index is 1170. The first kappa shape index (κ1) is 19.8. The minimum atomic E-state index is -6.13. The molecule has 6 nitrogen and oxygen atoms in total. The molecule has 3 aromatic rings. The Morgan fingerprint density at radius 1 is 1.25 bits per heavy atom. The maximum absolute atomic E-state index is 13.9. The second-order valence-electron chi connectivity index (χ2n) is 5.85. The van der Waals surface area contributed by atoms with Gasteiger partial charge in [-0.25, -0.2) is 9.31 Å². The molecule has 28 heavy (non-hydrogen) atoms. The van der Waals surface area contributed by atoms with Gasteiger partial charge < -0.3 is 10.1 Å². The standard InChI is InChI=1S/C16H9ClF5N3O3/c1-6-2-3-7(4-8(6)17)9-5-25-12(13(26)23-9)10(11(24-25)14(27)28)15(18,19)16(20,21)22/h2-5H,1H3,(H,23,26)(H,27,28). The van der Waals surface area contributed by atoms with Crippen LogP contribution in [0.5, 0.6) is 0 Å². The molecule has 2 N–H and O–H groups in total. The number of halogens is 6. The molecule has 0 aliphatic carbocycles. The number of nitrogens with one attached hydrogen (secondary N) is 1. The molecule has 148 valence electrons. The van der Waals surface area contributed by atoms with Gasteiger partial charge in [0.2, 0.25) is 0 Å². The van der Waals surface area contributed by atoms with Crippen LogP contribution in [0.2, 0.25) is 5.02 Å². The maximum atomic E-state index is 13.9. The van der Waals surface area contributed by atoms with Crippen LogP contribution in [0.4, 0.5) is 22.0 Å². The normalized spacial score (nSPS) is 12.5. The summed E-state index contributed by atoms with van der Waals surface area (Å²) in [7, 11) is 0. The summed E-state index contributed by atoms with van der Waals surface area (Å²) in [5.74, 6) is -7.74. The number of aromatic carboxylic acids is 1. The van der Waals surface area contributed by atoms with Crippen LogP contribution < -0.4 is 5.56 Å². The van der Waals surface area contributed by atoms with Gasteiger partial charge in [0.05, 0.1) is 17.5 Å². The maximum Gasteiger partial charge on any atom is 0.458 e. The van der Waals surface area contributed by atoms with E-state index in [1.807, 2.05) is 0 Å². The third kappa shape index (κ3) is 3.01. The quantitative estimate of drug-likeness (QED) is 0.626. The van der Waals surface area contributed by atoms with E-state index >= 15 is 0 Å². The average Bonchev–Trinajstić information content (AvgIpc) is 2.97. The van der Waals surface area contributed by atoms with E-state index in [4.69, 9.17) is 16.7 Å². The van der Waals surface area contributed by atoms with Gasteiger partial charge in [-0.3, -0.25) is 4.79 Å². The van der Waals surface area contributed by atoms with Crippen molar-refractivity contribution in [2.45, 2.75) is 19.0 Å². The first-order valence-corrected chi connectivity index (χ1v) is 7.83. The van der Waals surface area contributed by atoms with Crippen molar-refractivity contribution in [2.24, 2.45) is 0 Å². The number of hydrogen-bond donors (Lipinski definition) is 2. The number of benzene rings is 1. The molecule has 2 aromatic heterocycles. The van der Waals surface area contributed by atoms with Crippen LogP contribution in [-0.4, -0.2) is 31.9 Å². The van der Waals surface area contributed by atoms with Gasteiger partial charge in [-0.2, -0.15) is 27.1 Å². The van der Waals surface area contributed by atoms with Gasteiger partial charge in [-0.05, 0) is 18.6 Å². The van der Waals surface area contributed by atoms with Crippen molar-refractivity contribution in [1.82, 2.24) is 14.6 Å². The van der Waals surface area contributed by atoms with E-state index in [9.17, 15) is 31.5 Å². The summed E-state index contributed by atoms with van der Waals surface area (Å²) in [4.78, 5) is 25.7. The topological polar surface area (TPSA) is 87.5 Å². The van der Waals surface area contributed by atoms with E-state index in [1.165, 1.54) is 12.1 Å². The summed E-state index contributed by atoms with van der Waals surface area (Å²) in [6, 6.07) is 4.54. The number of nitrogens with zero attached hydrogens (tertiary/aromatic N) is 2. The highest BCUT2D eigenvalue weighted by molar-refractivity contribution is 6.31. The number of H-pyrrole nitrogens is 1. The summed E-state index contributed by atoms with van der Waals surface area (Å²) < 4.78 is 66.7. The summed E-state index contributed by atoms with van der Waals surface area (Å²) in [6.07, 6.45) is -5.20. The van der Waals surface area contributed by atoms with Gasteiger partial charge >= 0.3 is 18.1 Å². The van der Waals surface area contributed by atoms with E-state index in [0.29, 0.717) is 20.7 Å². The molecular weight excluding hydrogens is 413 g/mol. The Labute approximate surface area is 157 Å². The predicted octanol–water partition coefficient (Wildman–Crippen LogP) is 4.00. The predicted molar refractivity (Wildman–Crippen MR) is 87.9 cm³/mol. The lowest BCUT2D eigenvalue weighted by molar-refractivity contribution is -0.288. The average molecular weight is 422 g/mol. The number of carbonyl (C=O) groups is 1. The summed E-state index contributed by atoms with van der Waals surface area (Å²) in [5, 5.41) is 12.6. The van der Waals surface area contributed by atoms with Gasteiger partial charge in [-0.1, -0.05) is 23.7 Å². The van der Waals surface area contributed by atoms with E-state index in [-0.39, 0.29) is 5.69 Å². The van der Waals surface area contributed by atoms with E-state index in [0.717, 1.165) is 6.20 Å². The Kier molecular flexibility index (Phi) is 4.45. The van der Waals surface area contributed by atoms with Crippen molar-refractivity contribution in [1.29, 1.82) is 0 Å². The number of aryl methyl sites for hydroxylation is 1. The third-order valence-electron chi connectivity index (χ3n) is 3.98. The molecule has 2 heterocycles. The molecule has 1 aromatic carbocycles. The van der Waals surface area contributed by atoms with Crippen molar-refractivity contribution in [3.8, 4) is 11.3 Å². The fourth-order valence-electron chi connectivity index (χ4n) is 2.58. The fraction of sp³-hybridized carbons (Fsp3) is 0.188. The Hall–Kier alpha value is -2.95. The van der Waals surface area contributed by atoms with Crippen LogP contribution >= 0.6 is 11.6 Å². The molecule has 0 bridgehead atoms. The number of rotatable bonds is 3. The number of fused-ring (bicyclic) bond motifs is 1. The van der Waals surface area contributed by atoms with Gasteiger partial charge in [0, 0.05) is 10.6 Å². The number of carboxylic acid groups (broad SMARTS) is 1. The van der Waals surface area contributed by atoms with Crippen LogP contribution in [0, 0.1) is 6.92 Å². The van der Waals surface area contributed by atoms with Crippen molar-refractivity contribution < 1.29 is 31.9 Å². The lowest BCUT2D eigenvalue weighted by Gasteiger charge is -2.19. The van der Waals surface area contributed by atoms with Crippen molar-refractivity contribution >= 4 is 23.1 Å². The van der Waals surface area contributed by atoms with Crippen molar-refractivity contribution in [2.75, 3.05) is 0 Å². The number of aromatic amines is 1.